The average molecular weight is 260 g/mol. The maximum Gasteiger partial charge on any atom is 0.341 e. The van der Waals surface area contributed by atoms with Crippen molar-refractivity contribution in [2.75, 3.05) is 6.61 Å². The van der Waals surface area contributed by atoms with Gasteiger partial charge in [-0.3, -0.25) is 14.9 Å². The number of carbonyl (C=O) groups is 2. The molecule has 0 unspecified atom stereocenters. The highest BCUT2D eigenvalue weighted by Crippen LogP contribution is 2.32. The first kappa shape index (κ1) is 12.9. The van der Waals surface area contributed by atoms with Gasteiger partial charge in [-0.2, -0.15) is 0 Å². The molecule has 0 amide bonds. The topological polar surface area (TPSA) is 107 Å². The van der Waals surface area contributed by atoms with E-state index in [2.05, 4.69) is 0 Å². The Morgan fingerprint density at radius 1 is 1.59 bits per heavy atom. The number of rotatable bonds is 5. The standard InChI is InChI=1S/C9H6ClNO6/c10-7-2-6(17-4-8(13)14)1-5(3-12)9(7)11(15)16/h1-3H,4H2,(H,13,14). The van der Waals surface area contributed by atoms with Crippen LogP contribution in [0.15, 0.2) is 12.1 Å². The molecule has 0 saturated carbocycles. The molecule has 1 N–H and O–H groups in total. The van der Waals surface area contributed by atoms with Gasteiger partial charge in [-0.15, -0.1) is 0 Å². The van der Waals surface area contributed by atoms with E-state index in [0.29, 0.717) is 0 Å². The largest absolute Gasteiger partial charge is 0.482 e. The number of nitrogens with zero attached hydrogens (tertiary/aromatic N) is 1. The molecule has 0 aliphatic carbocycles. The van der Waals surface area contributed by atoms with Crippen LogP contribution >= 0.6 is 11.6 Å². The van der Waals surface area contributed by atoms with Gasteiger partial charge in [0.25, 0.3) is 5.69 Å². The monoisotopic (exact) mass is 259 g/mol. The fourth-order valence-corrected chi connectivity index (χ4v) is 1.39. The smallest absolute Gasteiger partial charge is 0.341 e. The number of carboxylic acid groups (broad SMARTS) is 1. The Balaban J connectivity index is 3.13. The maximum atomic E-state index is 10.6. The number of hydrogen-bond donors (Lipinski definition) is 1. The zero-order valence-corrected chi connectivity index (χ0v) is 9.01. The third kappa shape index (κ3) is 3.15. The Morgan fingerprint density at radius 3 is 2.71 bits per heavy atom. The summed E-state index contributed by atoms with van der Waals surface area (Å²) in [5.41, 5.74) is -0.813. The Hall–Kier alpha value is -2.15. The molecule has 0 atom stereocenters. The third-order valence-corrected chi connectivity index (χ3v) is 2.03. The summed E-state index contributed by atoms with van der Waals surface area (Å²) < 4.78 is 4.76. The molecule has 0 aliphatic rings. The van der Waals surface area contributed by atoms with Gasteiger partial charge in [-0.05, 0) is 6.07 Å². The van der Waals surface area contributed by atoms with Crippen molar-refractivity contribution >= 4 is 29.5 Å². The average Bonchev–Trinajstić information content (AvgIpc) is 2.24. The highest BCUT2D eigenvalue weighted by molar-refractivity contribution is 6.33. The molecule has 0 fully saturated rings. The van der Waals surface area contributed by atoms with E-state index in [1.165, 1.54) is 0 Å². The van der Waals surface area contributed by atoms with Gasteiger partial charge in [0, 0.05) is 6.07 Å². The van der Waals surface area contributed by atoms with Gasteiger partial charge in [0.15, 0.2) is 12.9 Å². The molecule has 0 radical (unpaired) electrons. The van der Waals surface area contributed by atoms with E-state index in [1.807, 2.05) is 0 Å². The number of carbonyl (C=O) groups excluding carboxylic acids is 1. The van der Waals surface area contributed by atoms with Crippen LogP contribution in [0, 0.1) is 10.1 Å². The predicted molar refractivity (Wildman–Crippen MR) is 56.6 cm³/mol. The summed E-state index contributed by atoms with van der Waals surface area (Å²) in [4.78, 5) is 30.7. The van der Waals surface area contributed by atoms with Crippen molar-refractivity contribution in [3.05, 3.63) is 32.8 Å². The van der Waals surface area contributed by atoms with Crippen molar-refractivity contribution in [1.82, 2.24) is 0 Å². The Labute approximate surface area is 99.7 Å². The second-order valence-electron chi connectivity index (χ2n) is 2.90. The van der Waals surface area contributed by atoms with E-state index in [-0.39, 0.29) is 22.6 Å². The molecule has 1 aromatic rings. The van der Waals surface area contributed by atoms with Crippen LogP contribution in [0.2, 0.25) is 5.02 Å². The summed E-state index contributed by atoms with van der Waals surface area (Å²) in [6, 6.07) is 2.13. The fourth-order valence-electron chi connectivity index (χ4n) is 1.11. The van der Waals surface area contributed by atoms with Crippen LogP contribution < -0.4 is 4.74 Å². The predicted octanol–water partition coefficient (Wildman–Crippen LogP) is 1.52. The Kier molecular flexibility index (Phi) is 4.00. The number of hydrogen-bond acceptors (Lipinski definition) is 5. The van der Waals surface area contributed by atoms with Gasteiger partial charge in [-0.25, -0.2) is 4.79 Å². The van der Waals surface area contributed by atoms with Crippen LogP contribution in [0.4, 0.5) is 5.69 Å². The van der Waals surface area contributed by atoms with E-state index in [9.17, 15) is 19.7 Å². The zero-order valence-electron chi connectivity index (χ0n) is 8.25. The number of nitro benzene ring substituents is 1. The molecule has 90 valence electrons. The van der Waals surface area contributed by atoms with Crippen molar-refractivity contribution < 1.29 is 24.4 Å². The van der Waals surface area contributed by atoms with Crippen LogP contribution in [0.1, 0.15) is 10.4 Å². The van der Waals surface area contributed by atoms with E-state index in [4.69, 9.17) is 21.4 Å². The molecule has 0 heterocycles. The fraction of sp³-hybridized carbons (Fsp3) is 0.111. The van der Waals surface area contributed by atoms with E-state index in [1.54, 1.807) is 0 Å². The van der Waals surface area contributed by atoms with E-state index < -0.39 is 23.2 Å². The first-order chi connectivity index (χ1) is 7.95. The summed E-state index contributed by atoms with van der Waals surface area (Å²) in [5, 5.41) is 18.7. The molecule has 17 heavy (non-hydrogen) atoms. The number of benzene rings is 1. The van der Waals surface area contributed by atoms with E-state index in [0.717, 1.165) is 12.1 Å². The zero-order chi connectivity index (χ0) is 13.0. The number of ether oxygens (including phenoxy) is 1. The van der Waals surface area contributed by atoms with Crippen molar-refractivity contribution in [1.29, 1.82) is 0 Å². The Morgan fingerprint density at radius 2 is 2.24 bits per heavy atom. The minimum absolute atomic E-state index is 0.0231. The molecule has 0 aromatic heterocycles. The molecule has 0 bridgehead atoms. The van der Waals surface area contributed by atoms with Gasteiger partial charge in [0.1, 0.15) is 10.8 Å². The lowest BCUT2D eigenvalue weighted by Gasteiger charge is -2.05. The summed E-state index contributed by atoms with van der Waals surface area (Å²) in [6.07, 6.45) is 0.248. The molecule has 7 nitrogen and oxygen atoms in total. The van der Waals surface area contributed by atoms with Crippen LogP contribution in [0.5, 0.6) is 5.75 Å². The van der Waals surface area contributed by atoms with Crippen LogP contribution in [0.3, 0.4) is 0 Å². The molecule has 0 saturated heterocycles. The van der Waals surface area contributed by atoms with Gasteiger partial charge in [-0.1, -0.05) is 11.6 Å². The molecule has 8 heteroatoms. The quantitative estimate of drug-likeness (QED) is 0.488. The van der Waals surface area contributed by atoms with Crippen LogP contribution in [0.25, 0.3) is 0 Å². The third-order valence-electron chi connectivity index (χ3n) is 1.74. The highest BCUT2D eigenvalue weighted by Gasteiger charge is 2.20. The minimum Gasteiger partial charge on any atom is -0.482 e. The minimum atomic E-state index is -1.22. The number of nitro groups is 1. The molecular weight excluding hydrogens is 254 g/mol. The SMILES string of the molecule is O=Cc1cc(OCC(=O)O)cc(Cl)c1[N+](=O)[O-]. The van der Waals surface area contributed by atoms with Crippen molar-refractivity contribution in [3.63, 3.8) is 0 Å². The van der Waals surface area contributed by atoms with Crippen LogP contribution in [-0.2, 0) is 4.79 Å². The normalized spacial score (nSPS) is 9.71. The lowest BCUT2D eigenvalue weighted by Crippen LogP contribution is -2.09. The summed E-state index contributed by atoms with van der Waals surface area (Å²) >= 11 is 5.60. The number of aliphatic carboxylic acids is 1. The van der Waals surface area contributed by atoms with Crippen molar-refractivity contribution in [3.8, 4) is 5.75 Å². The number of aldehydes is 1. The second kappa shape index (κ2) is 5.26. The summed E-state index contributed by atoms with van der Waals surface area (Å²) in [5.74, 6) is -1.24. The van der Waals surface area contributed by atoms with Crippen LogP contribution in [-0.4, -0.2) is 28.9 Å². The lowest BCUT2D eigenvalue weighted by atomic mass is 10.2. The first-order valence-electron chi connectivity index (χ1n) is 4.23. The second-order valence-corrected chi connectivity index (χ2v) is 3.31. The van der Waals surface area contributed by atoms with Gasteiger partial charge in [0.05, 0.1) is 10.5 Å². The van der Waals surface area contributed by atoms with Crippen molar-refractivity contribution in [2.45, 2.75) is 0 Å². The highest BCUT2D eigenvalue weighted by atomic mass is 35.5. The molecule has 1 rings (SSSR count). The molecule has 1 aromatic carbocycles. The molecule has 0 spiro atoms. The molecular formula is C9H6ClNO6. The van der Waals surface area contributed by atoms with Gasteiger partial charge in [0.2, 0.25) is 0 Å². The Bertz CT molecular complexity index is 487. The number of carboxylic acids is 1. The summed E-state index contributed by atoms with van der Waals surface area (Å²) in [6.45, 7) is -0.633. The summed E-state index contributed by atoms with van der Waals surface area (Å²) in [7, 11) is 0. The van der Waals surface area contributed by atoms with Gasteiger partial charge >= 0.3 is 5.97 Å². The molecule has 0 aliphatic heterocycles. The maximum absolute atomic E-state index is 10.6. The first-order valence-corrected chi connectivity index (χ1v) is 4.61. The van der Waals surface area contributed by atoms with Crippen molar-refractivity contribution in [2.24, 2.45) is 0 Å². The number of halogens is 1. The lowest BCUT2D eigenvalue weighted by molar-refractivity contribution is -0.384. The van der Waals surface area contributed by atoms with E-state index >= 15 is 0 Å². The van der Waals surface area contributed by atoms with Gasteiger partial charge < -0.3 is 9.84 Å².